The number of thiocarbonyl (C=S) groups is 1. The van der Waals surface area contributed by atoms with E-state index in [9.17, 15) is 4.79 Å². The summed E-state index contributed by atoms with van der Waals surface area (Å²) in [4.78, 5) is 14.8. The molecule has 0 atom stereocenters. The SMILES string of the molecule is O=C1NCc2ccc(N=C=S)cc2N1. The minimum Gasteiger partial charge on any atom is -0.334 e. The minimum absolute atomic E-state index is 0.194. The molecule has 0 aromatic heterocycles. The van der Waals surface area contributed by atoms with Crippen molar-refractivity contribution in [3.63, 3.8) is 0 Å². The van der Waals surface area contributed by atoms with Gasteiger partial charge >= 0.3 is 6.03 Å². The highest BCUT2D eigenvalue weighted by Gasteiger charge is 2.13. The Labute approximate surface area is 86.0 Å². The van der Waals surface area contributed by atoms with Gasteiger partial charge in [-0.15, -0.1) is 0 Å². The molecule has 2 N–H and O–H groups in total. The molecule has 0 saturated heterocycles. The molecule has 0 spiro atoms. The summed E-state index contributed by atoms with van der Waals surface area (Å²) >= 11 is 4.50. The molecular weight excluding hydrogens is 198 g/mol. The number of amides is 2. The topological polar surface area (TPSA) is 53.5 Å². The third kappa shape index (κ3) is 1.64. The van der Waals surface area contributed by atoms with Crippen LogP contribution < -0.4 is 10.6 Å². The van der Waals surface area contributed by atoms with E-state index >= 15 is 0 Å². The van der Waals surface area contributed by atoms with Crippen molar-refractivity contribution in [2.75, 3.05) is 5.32 Å². The van der Waals surface area contributed by atoms with Crippen molar-refractivity contribution in [2.45, 2.75) is 6.54 Å². The number of hydrogen-bond acceptors (Lipinski definition) is 3. The number of rotatable bonds is 1. The minimum atomic E-state index is -0.194. The van der Waals surface area contributed by atoms with Crippen LogP contribution in [0.25, 0.3) is 0 Å². The van der Waals surface area contributed by atoms with E-state index in [0.717, 1.165) is 11.3 Å². The summed E-state index contributed by atoms with van der Waals surface area (Å²) in [5.74, 6) is 0. The van der Waals surface area contributed by atoms with Crippen molar-refractivity contribution < 1.29 is 4.79 Å². The van der Waals surface area contributed by atoms with Gasteiger partial charge in [-0.2, -0.15) is 4.99 Å². The van der Waals surface area contributed by atoms with Crippen molar-refractivity contribution in [3.05, 3.63) is 23.8 Å². The fraction of sp³-hybridized carbons (Fsp3) is 0.111. The predicted molar refractivity (Wildman–Crippen MR) is 57.0 cm³/mol. The Morgan fingerprint density at radius 3 is 3.14 bits per heavy atom. The monoisotopic (exact) mass is 205 g/mol. The number of carbonyl (C=O) groups excluding carboxylic acids is 1. The predicted octanol–water partition coefficient (Wildman–Crippen LogP) is 2.06. The lowest BCUT2D eigenvalue weighted by atomic mass is 10.1. The molecule has 4 nitrogen and oxygen atoms in total. The molecule has 1 aromatic rings. The molecule has 0 fully saturated rings. The standard InChI is InChI=1S/C9H7N3OS/c13-9-10-4-6-1-2-7(11-5-14)3-8(6)12-9/h1-3H,4H2,(H2,10,12,13). The lowest BCUT2D eigenvalue weighted by Gasteiger charge is -2.17. The number of aliphatic imine (C=N–C) groups is 1. The van der Waals surface area contributed by atoms with Crippen molar-refractivity contribution in [2.24, 2.45) is 4.99 Å². The van der Waals surface area contributed by atoms with Gasteiger partial charge in [0.05, 0.1) is 10.8 Å². The maximum absolute atomic E-state index is 11.0. The Kier molecular flexibility index (Phi) is 2.26. The van der Waals surface area contributed by atoms with Gasteiger partial charge in [-0.1, -0.05) is 6.07 Å². The van der Waals surface area contributed by atoms with Crippen LogP contribution in [0.15, 0.2) is 23.2 Å². The Morgan fingerprint density at radius 2 is 2.36 bits per heavy atom. The van der Waals surface area contributed by atoms with E-state index in [4.69, 9.17) is 0 Å². The van der Waals surface area contributed by atoms with E-state index in [1.54, 1.807) is 6.07 Å². The Balaban J connectivity index is 2.42. The van der Waals surface area contributed by atoms with E-state index in [1.807, 2.05) is 12.1 Å². The second-order valence-corrected chi connectivity index (χ2v) is 3.03. The van der Waals surface area contributed by atoms with Gasteiger partial charge in [0.15, 0.2) is 0 Å². The van der Waals surface area contributed by atoms with Gasteiger partial charge in [0, 0.05) is 12.2 Å². The molecule has 0 bridgehead atoms. The van der Waals surface area contributed by atoms with E-state index in [0.29, 0.717) is 12.2 Å². The highest BCUT2D eigenvalue weighted by atomic mass is 32.1. The lowest BCUT2D eigenvalue weighted by molar-refractivity contribution is 0.251. The van der Waals surface area contributed by atoms with Crippen LogP contribution in [0.1, 0.15) is 5.56 Å². The third-order valence-corrected chi connectivity index (χ3v) is 2.05. The van der Waals surface area contributed by atoms with Crippen molar-refractivity contribution in [1.29, 1.82) is 0 Å². The summed E-state index contributed by atoms with van der Waals surface area (Å²) in [6, 6.07) is 5.30. The normalized spacial score (nSPS) is 13.3. The molecule has 5 heteroatoms. The summed E-state index contributed by atoms with van der Waals surface area (Å²) in [6.07, 6.45) is 0. The zero-order chi connectivity index (χ0) is 9.97. The van der Waals surface area contributed by atoms with Gasteiger partial charge < -0.3 is 10.6 Å². The number of urea groups is 1. The quantitative estimate of drug-likeness (QED) is 0.544. The van der Waals surface area contributed by atoms with Crippen molar-refractivity contribution >= 4 is 34.8 Å². The van der Waals surface area contributed by atoms with Gasteiger partial charge in [-0.05, 0) is 29.9 Å². The van der Waals surface area contributed by atoms with Gasteiger partial charge in [-0.3, -0.25) is 0 Å². The van der Waals surface area contributed by atoms with Crippen LogP contribution in [0.4, 0.5) is 16.2 Å². The molecule has 0 unspecified atom stereocenters. The molecular formula is C9H7N3OS. The molecule has 1 aliphatic rings. The highest BCUT2D eigenvalue weighted by molar-refractivity contribution is 7.78. The van der Waals surface area contributed by atoms with Gasteiger partial charge in [-0.25, -0.2) is 4.79 Å². The number of fused-ring (bicyclic) bond motifs is 1. The second kappa shape index (κ2) is 3.57. The lowest BCUT2D eigenvalue weighted by Crippen LogP contribution is -2.33. The van der Waals surface area contributed by atoms with Crippen LogP contribution in [-0.2, 0) is 6.54 Å². The average Bonchev–Trinajstić information content (AvgIpc) is 2.17. The third-order valence-electron chi connectivity index (χ3n) is 1.96. The molecule has 0 radical (unpaired) electrons. The summed E-state index contributed by atoms with van der Waals surface area (Å²) in [6.45, 7) is 0.544. The van der Waals surface area contributed by atoms with E-state index in [2.05, 4.69) is 33.0 Å². The van der Waals surface area contributed by atoms with E-state index < -0.39 is 0 Å². The number of nitrogens with one attached hydrogen (secondary N) is 2. The maximum atomic E-state index is 11.0. The Bertz CT molecular complexity index is 438. The zero-order valence-corrected chi connectivity index (χ0v) is 8.02. The zero-order valence-electron chi connectivity index (χ0n) is 7.20. The molecule has 0 aliphatic carbocycles. The molecule has 0 saturated carbocycles. The fourth-order valence-electron chi connectivity index (χ4n) is 1.30. The number of hydrogen-bond donors (Lipinski definition) is 2. The summed E-state index contributed by atoms with van der Waals surface area (Å²) in [7, 11) is 0. The van der Waals surface area contributed by atoms with Gasteiger partial charge in [0.25, 0.3) is 0 Å². The number of anilines is 1. The largest absolute Gasteiger partial charge is 0.334 e. The first-order chi connectivity index (χ1) is 6.79. The van der Waals surface area contributed by atoms with Crippen LogP contribution in [0.2, 0.25) is 0 Å². The second-order valence-electron chi connectivity index (χ2n) is 2.85. The van der Waals surface area contributed by atoms with Crippen LogP contribution in [-0.4, -0.2) is 11.2 Å². The van der Waals surface area contributed by atoms with E-state index in [1.165, 1.54) is 0 Å². The number of isothiocyanates is 1. The van der Waals surface area contributed by atoms with Crippen LogP contribution in [0.3, 0.4) is 0 Å². The van der Waals surface area contributed by atoms with Gasteiger partial charge in [0.1, 0.15) is 0 Å². The van der Waals surface area contributed by atoms with Gasteiger partial charge in [0.2, 0.25) is 0 Å². The van der Waals surface area contributed by atoms with Crippen molar-refractivity contribution in [1.82, 2.24) is 5.32 Å². The molecule has 2 amide bonds. The van der Waals surface area contributed by atoms with E-state index in [-0.39, 0.29) is 6.03 Å². The highest BCUT2D eigenvalue weighted by Crippen LogP contribution is 2.24. The van der Waals surface area contributed by atoms with Crippen LogP contribution >= 0.6 is 12.2 Å². The Morgan fingerprint density at radius 1 is 1.50 bits per heavy atom. The number of nitrogens with zero attached hydrogens (tertiary/aromatic N) is 1. The smallest absolute Gasteiger partial charge is 0.319 e. The van der Waals surface area contributed by atoms with Crippen LogP contribution in [0.5, 0.6) is 0 Å². The van der Waals surface area contributed by atoms with Crippen molar-refractivity contribution in [3.8, 4) is 0 Å². The summed E-state index contributed by atoms with van der Waals surface area (Å²) in [5.41, 5.74) is 2.51. The average molecular weight is 205 g/mol. The number of carbonyl (C=O) groups is 1. The first kappa shape index (κ1) is 8.87. The molecule has 2 rings (SSSR count). The molecule has 1 aromatic carbocycles. The molecule has 1 aliphatic heterocycles. The first-order valence-electron chi connectivity index (χ1n) is 4.05. The number of benzene rings is 1. The first-order valence-corrected chi connectivity index (χ1v) is 4.46. The molecule has 1 heterocycles. The maximum Gasteiger partial charge on any atom is 0.319 e. The molecule has 70 valence electrons. The Hall–Kier alpha value is -1.71. The van der Waals surface area contributed by atoms with Crippen LogP contribution in [0, 0.1) is 0 Å². The molecule has 14 heavy (non-hydrogen) atoms. The summed E-state index contributed by atoms with van der Waals surface area (Å²) < 4.78 is 0. The fourth-order valence-corrected chi connectivity index (χ4v) is 1.40. The summed E-state index contributed by atoms with van der Waals surface area (Å²) in [5, 5.41) is 7.64.